The van der Waals surface area contributed by atoms with Crippen molar-refractivity contribution >= 4 is 21.5 Å². The lowest BCUT2D eigenvalue weighted by Gasteiger charge is -2.31. The third-order valence-electron chi connectivity index (χ3n) is 3.62. The Morgan fingerprint density at radius 2 is 1.44 bits per heavy atom. The lowest BCUT2D eigenvalue weighted by atomic mass is 9.97. The zero-order chi connectivity index (χ0) is 20.5. The minimum atomic E-state index is -4.98. The molecular formula is C19H20F3NO3S. The average Bonchev–Trinajstić information content (AvgIpc) is 2.58. The van der Waals surface area contributed by atoms with Crippen LogP contribution in [0.15, 0.2) is 59.5 Å². The van der Waals surface area contributed by atoms with Gasteiger partial charge in [-0.1, -0.05) is 39.0 Å². The van der Waals surface area contributed by atoms with Crippen molar-refractivity contribution in [1.82, 2.24) is 0 Å². The number of hydrogen-bond acceptors (Lipinski definition) is 3. The number of ketones is 1. The van der Waals surface area contributed by atoms with Crippen molar-refractivity contribution < 1.29 is 26.4 Å². The quantitative estimate of drug-likeness (QED) is 0.687. The predicted octanol–water partition coefficient (Wildman–Crippen LogP) is 4.67. The van der Waals surface area contributed by atoms with Crippen molar-refractivity contribution in [2.75, 3.05) is 10.8 Å². The Morgan fingerprint density at radius 3 is 1.89 bits per heavy atom. The van der Waals surface area contributed by atoms with Gasteiger partial charge in [0.05, 0.1) is 10.6 Å². The molecule has 146 valence electrons. The number of Topliss-reactive ketones (excluding diaryl/α,β-unsaturated/α-hetero) is 1. The molecule has 0 unspecified atom stereocenters. The second kappa shape index (κ2) is 7.34. The molecule has 8 heteroatoms. The molecule has 0 bridgehead atoms. The maximum absolute atomic E-state index is 13.1. The van der Waals surface area contributed by atoms with Gasteiger partial charge in [0.25, 0.3) is 15.8 Å². The summed E-state index contributed by atoms with van der Waals surface area (Å²) in [5, 5.41) is 0. The highest BCUT2D eigenvalue weighted by molar-refractivity contribution is 7.92. The van der Waals surface area contributed by atoms with Gasteiger partial charge in [0.1, 0.15) is 0 Å². The van der Waals surface area contributed by atoms with E-state index in [1.54, 1.807) is 18.2 Å². The molecule has 0 fully saturated rings. The van der Waals surface area contributed by atoms with E-state index in [-0.39, 0.29) is 17.1 Å². The second-order valence-electron chi connectivity index (χ2n) is 7.26. The van der Waals surface area contributed by atoms with E-state index in [0.29, 0.717) is 0 Å². The Morgan fingerprint density at radius 1 is 0.926 bits per heavy atom. The summed E-state index contributed by atoms with van der Waals surface area (Å²) in [7, 11) is -3.92. The number of anilines is 1. The lowest BCUT2D eigenvalue weighted by Crippen LogP contribution is -2.38. The zero-order valence-electron chi connectivity index (χ0n) is 15.1. The van der Waals surface area contributed by atoms with E-state index in [1.165, 1.54) is 24.3 Å². The van der Waals surface area contributed by atoms with Gasteiger partial charge < -0.3 is 0 Å². The molecule has 0 atom stereocenters. The summed E-state index contributed by atoms with van der Waals surface area (Å²) in [4.78, 5) is 11.4. The molecule has 0 amide bonds. The molecule has 2 aromatic rings. The zero-order valence-corrected chi connectivity index (χ0v) is 15.9. The third-order valence-corrected chi connectivity index (χ3v) is 5.41. The number of nitrogens with zero attached hydrogens (tertiary/aromatic N) is 1. The molecule has 27 heavy (non-hydrogen) atoms. The predicted molar refractivity (Wildman–Crippen MR) is 97.3 cm³/mol. The maximum Gasteiger partial charge on any atom is 0.454 e. The summed E-state index contributed by atoms with van der Waals surface area (Å²) < 4.78 is 65.0. The van der Waals surface area contributed by atoms with Crippen LogP contribution in [0.1, 0.15) is 31.1 Å². The largest absolute Gasteiger partial charge is 0.454 e. The molecule has 0 radical (unpaired) electrons. The van der Waals surface area contributed by atoms with Crippen molar-refractivity contribution in [3.63, 3.8) is 0 Å². The first-order chi connectivity index (χ1) is 12.3. The Labute approximate surface area is 156 Å². The fourth-order valence-electron chi connectivity index (χ4n) is 2.41. The number of alkyl halides is 3. The van der Waals surface area contributed by atoms with E-state index >= 15 is 0 Å². The van der Waals surface area contributed by atoms with E-state index in [1.807, 2.05) is 20.8 Å². The topological polar surface area (TPSA) is 54.5 Å². The first-order valence-electron chi connectivity index (χ1n) is 8.12. The van der Waals surface area contributed by atoms with Crippen LogP contribution in [0.5, 0.6) is 0 Å². The van der Waals surface area contributed by atoms with Crippen LogP contribution in [-0.4, -0.2) is 26.9 Å². The minimum absolute atomic E-state index is 0.0738. The molecule has 0 saturated carbocycles. The molecular weight excluding hydrogens is 379 g/mol. The Bertz CT molecular complexity index is 900. The molecule has 0 aliphatic rings. The fraction of sp³-hybridized carbons (Fsp3) is 0.316. The number of benzene rings is 2. The fourth-order valence-corrected chi connectivity index (χ4v) is 4.12. The molecule has 0 saturated heterocycles. The highest BCUT2D eigenvalue weighted by Crippen LogP contribution is 2.29. The first-order valence-corrected chi connectivity index (χ1v) is 9.56. The van der Waals surface area contributed by atoms with Gasteiger partial charge in [0.2, 0.25) is 0 Å². The second-order valence-corrected chi connectivity index (χ2v) is 9.12. The van der Waals surface area contributed by atoms with Gasteiger partial charge in [-0.05, 0) is 41.8 Å². The Hall–Kier alpha value is -2.35. The SMILES string of the molecule is CC(C)(C)CN(c1ccc(C(=O)C(F)(F)F)cc1)S(=O)(=O)c1ccccc1. The van der Waals surface area contributed by atoms with Gasteiger partial charge in [-0.3, -0.25) is 9.10 Å². The summed E-state index contributed by atoms with van der Waals surface area (Å²) in [5.74, 6) is -1.97. The number of sulfonamides is 1. The van der Waals surface area contributed by atoms with Gasteiger partial charge in [-0.15, -0.1) is 0 Å². The number of carbonyl (C=O) groups is 1. The lowest BCUT2D eigenvalue weighted by molar-refractivity contribution is -0.0885. The number of halogens is 3. The maximum atomic E-state index is 13.1. The van der Waals surface area contributed by atoms with Crippen LogP contribution in [-0.2, 0) is 10.0 Å². The molecule has 0 N–H and O–H groups in total. The molecule has 2 aromatic carbocycles. The van der Waals surface area contributed by atoms with E-state index in [2.05, 4.69) is 0 Å². The highest BCUT2D eigenvalue weighted by Gasteiger charge is 2.39. The number of rotatable bonds is 5. The minimum Gasteiger partial charge on any atom is -0.284 e. The van der Waals surface area contributed by atoms with Crippen LogP contribution < -0.4 is 4.31 Å². The molecule has 2 rings (SSSR count). The van der Waals surface area contributed by atoms with Gasteiger partial charge in [0, 0.05) is 12.1 Å². The highest BCUT2D eigenvalue weighted by atomic mass is 32.2. The van der Waals surface area contributed by atoms with E-state index in [9.17, 15) is 26.4 Å². The third kappa shape index (κ3) is 5.09. The Kier molecular flexibility index (Phi) is 5.70. The molecule has 0 spiro atoms. The Balaban J connectivity index is 2.48. The smallest absolute Gasteiger partial charge is 0.284 e. The first kappa shape index (κ1) is 21.0. The summed E-state index contributed by atoms with van der Waals surface area (Å²) in [5.41, 5.74) is -0.769. The standard InChI is InChI=1S/C19H20F3NO3S/c1-18(2,3)13-23(27(25,26)16-7-5-4-6-8-16)15-11-9-14(10-12-15)17(24)19(20,21)22/h4-12H,13H2,1-3H3. The monoisotopic (exact) mass is 399 g/mol. The van der Waals surface area contributed by atoms with Crippen molar-refractivity contribution in [1.29, 1.82) is 0 Å². The summed E-state index contributed by atoms with van der Waals surface area (Å²) >= 11 is 0. The van der Waals surface area contributed by atoms with Gasteiger partial charge in [-0.25, -0.2) is 8.42 Å². The van der Waals surface area contributed by atoms with Crippen LogP contribution in [0.3, 0.4) is 0 Å². The molecule has 0 heterocycles. The van der Waals surface area contributed by atoms with E-state index < -0.39 is 33.0 Å². The van der Waals surface area contributed by atoms with Crippen LogP contribution in [0.2, 0.25) is 0 Å². The summed E-state index contributed by atoms with van der Waals surface area (Å²) in [6.07, 6.45) is -4.98. The summed E-state index contributed by atoms with van der Waals surface area (Å²) in [6, 6.07) is 12.2. The molecule has 0 aliphatic heterocycles. The molecule has 0 aliphatic carbocycles. The average molecular weight is 399 g/mol. The molecule has 4 nitrogen and oxygen atoms in total. The van der Waals surface area contributed by atoms with Crippen LogP contribution in [0, 0.1) is 5.41 Å². The number of hydrogen-bond donors (Lipinski definition) is 0. The van der Waals surface area contributed by atoms with Crippen molar-refractivity contribution in [3.8, 4) is 0 Å². The van der Waals surface area contributed by atoms with Crippen LogP contribution in [0.25, 0.3) is 0 Å². The number of carbonyl (C=O) groups excluding carboxylic acids is 1. The summed E-state index contributed by atoms with van der Waals surface area (Å²) in [6.45, 7) is 5.66. The van der Waals surface area contributed by atoms with Crippen molar-refractivity contribution in [2.45, 2.75) is 31.8 Å². The molecule has 0 aromatic heterocycles. The van der Waals surface area contributed by atoms with Gasteiger partial charge in [0.15, 0.2) is 0 Å². The van der Waals surface area contributed by atoms with Crippen molar-refractivity contribution in [3.05, 3.63) is 60.2 Å². The van der Waals surface area contributed by atoms with E-state index in [4.69, 9.17) is 0 Å². The van der Waals surface area contributed by atoms with Crippen LogP contribution >= 0.6 is 0 Å². The normalized spacial score (nSPS) is 12.7. The van der Waals surface area contributed by atoms with Gasteiger partial charge >= 0.3 is 6.18 Å². The van der Waals surface area contributed by atoms with Crippen molar-refractivity contribution in [2.24, 2.45) is 5.41 Å². The van der Waals surface area contributed by atoms with Gasteiger partial charge in [-0.2, -0.15) is 13.2 Å². The van der Waals surface area contributed by atoms with Crippen LogP contribution in [0.4, 0.5) is 18.9 Å². The van der Waals surface area contributed by atoms with E-state index in [0.717, 1.165) is 16.4 Å².